The van der Waals surface area contributed by atoms with E-state index in [4.69, 9.17) is 0 Å². The highest BCUT2D eigenvalue weighted by Crippen LogP contribution is 2.17. The van der Waals surface area contributed by atoms with Crippen molar-refractivity contribution in [3.05, 3.63) is 23.1 Å². The van der Waals surface area contributed by atoms with Crippen LogP contribution in [0.3, 0.4) is 0 Å². The van der Waals surface area contributed by atoms with Crippen LogP contribution < -0.4 is 4.54 Å². The van der Waals surface area contributed by atoms with Crippen LogP contribution in [0.5, 0.6) is 0 Å². The Balaban J connectivity index is 2.85. The molecule has 0 aliphatic rings. The summed E-state index contributed by atoms with van der Waals surface area (Å²) in [4.78, 5) is 14.3. The molecular weight excluding hydrogens is 238 g/mol. The second-order valence-corrected chi connectivity index (χ2v) is 5.11. The molecule has 9 heteroatoms. The fourth-order valence-corrected chi connectivity index (χ4v) is 1.34. The lowest BCUT2D eigenvalue weighted by atomic mass is 10.1. The Morgan fingerprint density at radius 3 is 2.75 bits per heavy atom. The summed E-state index contributed by atoms with van der Waals surface area (Å²) in [6.45, 7) is 0.846. The van der Waals surface area contributed by atoms with Crippen LogP contribution in [-0.2, 0) is 19.9 Å². The Morgan fingerprint density at radius 2 is 2.31 bits per heavy atom. The van der Waals surface area contributed by atoms with E-state index in [0.717, 1.165) is 12.6 Å². The molecule has 1 aromatic rings. The van der Waals surface area contributed by atoms with Gasteiger partial charge in [0.25, 0.3) is 10.1 Å². The summed E-state index contributed by atoms with van der Waals surface area (Å²) < 4.78 is 26.3. The van der Waals surface area contributed by atoms with Gasteiger partial charge in [-0.05, 0) is 16.8 Å². The normalized spacial score (nSPS) is 15.7. The molecule has 0 unspecified atom stereocenters. The molecule has 0 saturated carbocycles. The highest BCUT2D eigenvalue weighted by molar-refractivity contribution is 7.85. The minimum Gasteiger partial charge on any atom is -0.379 e. The van der Waals surface area contributed by atoms with Gasteiger partial charge in [0.05, 0.1) is 17.0 Å². The number of aliphatic hydroxyl groups is 1. The van der Waals surface area contributed by atoms with Gasteiger partial charge in [-0.2, -0.15) is 13.5 Å². The lowest BCUT2D eigenvalue weighted by Crippen LogP contribution is -2.32. The van der Waals surface area contributed by atoms with Gasteiger partial charge in [-0.25, -0.2) is 0 Å². The van der Waals surface area contributed by atoms with E-state index in [0.29, 0.717) is 4.54 Å². The summed E-state index contributed by atoms with van der Waals surface area (Å²) in [6.07, 6.45) is 2.95. The van der Waals surface area contributed by atoms with E-state index in [9.17, 15) is 18.4 Å². The predicted octanol–water partition coefficient (Wildman–Crippen LogP) is -1.49. The monoisotopic (exact) mass is 250 g/mol. The van der Waals surface area contributed by atoms with E-state index >= 15 is 0 Å². The third-order valence-corrected chi connectivity index (χ3v) is 2.28. The van der Waals surface area contributed by atoms with Gasteiger partial charge in [-0.3, -0.25) is 4.18 Å². The first-order valence-electron chi connectivity index (χ1n) is 4.25. The molecule has 1 atom stereocenters. The zero-order valence-corrected chi connectivity index (χ0v) is 9.56. The van der Waals surface area contributed by atoms with Crippen molar-refractivity contribution < 1.29 is 22.2 Å². The van der Waals surface area contributed by atoms with Gasteiger partial charge < -0.3 is 5.11 Å². The Hall–Kier alpha value is -1.32. The molecule has 0 aliphatic carbocycles. The minimum absolute atomic E-state index is 0.100. The quantitative estimate of drug-likeness (QED) is 0.497. The highest BCUT2D eigenvalue weighted by Gasteiger charge is 2.31. The maximum Gasteiger partial charge on any atom is 0.353 e. The van der Waals surface area contributed by atoms with Gasteiger partial charge in [0.15, 0.2) is 5.60 Å². The Bertz CT molecular complexity index is 501. The molecule has 0 bridgehead atoms. The van der Waals surface area contributed by atoms with Crippen molar-refractivity contribution in [3.63, 3.8) is 0 Å². The first kappa shape index (κ1) is 12.7. The van der Waals surface area contributed by atoms with Crippen molar-refractivity contribution >= 4 is 10.1 Å². The number of nitrogens with zero attached hydrogens (tertiary/aromatic N) is 2. The number of rotatable bonds is 4. The number of hydrogen-bond acceptors (Lipinski definition) is 6. The van der Waals surface area contributed by atoms with Gasteiger partial charge in [0.2, 0.25) is 5.69 Å². The predicted molar refractivity (Wildman–Crippen MR) is 52.3 cm³/mol. The maximum atomic E-state index is 10.7. The van der Waals surface area contributed by atoms with E-state index in [1.165, 1.54) is 13.1 Å². The molecule has 2 N–H and O–H groups in total. The van der Waals surface area contributed by atoms with Crippen LogP contribution >= 0.6 is 0 Å². The van der Waals surface area contributed by atoms with Crippen LogP contribution in [0.25, 0.3) is 0 Å². The van der Waals surface area contributed by atoms with Crippen LogP contribution in [0.4, 0.5) is 0 Å². The first-order valence-corrected chi connectivity index (χ1v) is 6.06. The van der Waals surface area contributed by atoms with E-state index in [-0.39, 0.29) is 5.69 Å². The number of aromatic amines is 1. The van der Waals surface area contributed by atoms with Crippen molar-refractivity contribution in [2.24, 2.45) is 0 Å². The van der Waals surface area contributed by atoms with Gasteiger partial charge in [-0.1, -0.05) is 0 Å². The Kier molecular flexibility index (Phi) is 3.41. The molecule has 8 nitrogen and oxygen atoms in total. The fourth-order valence-electron chi connectivity index (χ4n) is 0.900. The van der Waals surface area contributed by atoms with Crippen LogP contribution in [0.15, 0.2) is 12.5 Å². The molecule has 0 radical (unpaired) electrons. The standard InChI is InChI=1S/C7H12N3O5S/c1-7(11,4-15-16(2,13)14)6-3-9-10(12)5-8-6/h3,5,11H,4H2,1-2H3,(H,9,12)/q+1/t7-/m1/s1. The number of aromatic nitrogens is 3. The van der Waals surface area contributed by atoms with Gasteiger partial charge >= 0.3 is 6.33 Å². The number of H-pyrrole nitrogens is 1. The van der Waals surface area contributed by atoms with Crippen molar-refractivity contribution in [2.75, 3.05) is 12.9 Å². The third kappa shape index (κ3) is 3.68. The van der Waals surface area contributed by atoms with Gasteiger partial charge in [-0.15, -0.1) is 0 Å². The molecule has 90 valence electrons. The second kappa shape index (κ2) is 4.28. The van der Waals surface area contributed by atoms with E-state index in [1.54, 1.807) is 0 Å². The van der Waals surface area contributed by atoms with Crippen LogP contribution in [0.2, 0.25) is 0 Å². The van der Waals surface area contributed by atoms with Crippen molar-refractivity contribution in [2.45, 2.75) is 12.5 Å². The summed E-state index contributed by atoms with van der Waals surface area (Å²) in [5, 5.41) is 12.1. The number of hydrogen-bond donors (Lipinski definition) is 2. The van der Waals surface area contributed by atoms with Crippen LogP contribution in [0, 0.1) is 4.91 Å². The Labute approximate surface area is 91.6 Å². The van der Waals surface area contributed by atoms with E-state index in [1.807, 2.05) is 0 Å². The fraction of sp³-hybridized carbons (Fsp3) is 0.571. The zero-order valence-electron chi connectivity index (χ0n) is 8.74. The first-order chi connectivity index (χ1) is 7.21. The maximum absolute atomic E-state index is 10.7. The van der Waals surface area contributed by atoms with Crippen molar-refractivity contribution in [3.8, 4) is 0 Å². The lowest BCUT2D eigenvalue weighted by molar-refractivity contribution is -0.568. The number of nitrogens with one attached hydrogen (secondary N) is 1. The molecule has 0 aromatic carbocycles. The van der Waals surface area contributed by atoms with E-state index in [2.05, 4.69) is 14.3 Å². The second-order valence-electron chi connectivity index (χ2n) is 3.47. The summed E-state index contributed by atoms with van der Waals surface area (Å²) in [7, 11) is -3.64. The molecule has 16 heavy (non-hydrogen) atoms. The van der Waals surface area contributed by atoms with Crippen molar-refractivity contribution in [1.29, 1.82) is 0 Å². The zero-order chi connectivity index (χ0) is 12.4. The summed E-state index contributed by atoms with van der Waals surface area (Å²) >= 11 is 0. The molecular formula is C7H12N3O5S+. The van der Waals surface area contributed by atoms with E-state index < -0.39 is 22.3 Å². The summed E-state index contributed by atoms with van der Waals surface area (Å²) in [6, 6.07) is 0. The average molecular weight is 250 g/mol. The smallest absolute Gasteiger partial charge is 0.353 e. The molecule has 1 aromatic heterocycles. The van der Waals surface area contributed by atoms with Crippen LogP contribution in [0.1, 0.15) is 12.6 Å². The Morgan fingerprint density at radius 1 is 1.69 bits per heavy atom. The molecule has 0 saturated heterocycles. The molecule has 0 spiro atoms. The highest BCUT2D eigenvalue weighted by atomic mass is 32.2. The molecule has 0 fully saturated rings. The van der Waals surface area contributed by atoms with Crippen molar-refractivity contribution in [1.82, 2.24) is 10.1 Å². The summed E-state index contributed by atoms with van der Waals surface area (Å²) in [5.41, 5.74) is -1.50. The molecule has 1 rings (SSSR count). The molecule has 1 heterocycles. The molecule has 0 amide bonds. The largest absolute Gasteiger partial charge is 0.379 e. The average Bonchev–Trinajstić information content (AvgIpc) is 2.15. The summed E-state index contributed by atoms with van der Waals surface area (Å²) in [5.74, 6) is 0. The van der Waals surface area contributed by atoms with Gasteiger partial charge in [0, 0.05) is 0 Å². The molecule has 0 aliphatic heterocycles. The lowest BCUT2D eigenvalue weighted by Gasteiger charge is -2.17. The topological polar surface area (TPSA) is 115 Å². The van der Waals surface area contributed by atoms with Gasteiger partial charge in [0.1, 0.15) is 6.61 Å². The van der Waals surface area contributed by atoms with Crippen LogP contribution in [-0.4, -0.2) is 36.5 Å². The third-order valence-electron chi connectivity index (χ3n) is 1.74. The minimum atomic E-state index is -3.64. The SMILES string of the molecule is C[C@@](O)(COS(C)(=O)=O)c1c[nH][n+](=O)cn1.